The number of nitrogens with zero attached hydrogens (tertiary/aromatic N) is 4. The van der Waals surface area contributed by atoms with E-state index in [-0.39, 0.29) is 18.0 Å². The minimum atomic E-state index is -0.179. The average molecular weight is 384 g/mol. The number of likely N-dealkylation sites (N-methyl/N-ethyl adjacent to an activating group) is 1. The number of nitrogens with one attached hydrogen (secondary N) is 1. The predicted octanol–water partition coefficient (Wildman–Crippen LogP) is 2.96. The van der Waals surface area contributed by atoms with E-state index in [0.29, 0.717) is 35.4 Å². The highest BCUT2D eigenvalue weighted by atomic mass is 35.5. The van der Waals surface area contributed by atoms with Crippen LogP contribution in [0.25, 0.3) is 11.4 Å². The number of halogens is 1. The van der Waals surface area contributed by atoms with Crippen LogP contribution in [0.2, 0.25) is 5.02 Å². The fourth-order valence-electron chi connectivity index (χ4n) is 3.24. The van der Waals surface area contributed by atoms with Crippen molar-refractivity contribution in [3.8, 4) is 11.4 Å². The largest absolute Gasteiger partial charge is 0.347 e. The van der Waals surface area contributed by atoms with Gasteiger partial charge in [-0.3, -0.25) is 14.7 Å². The zero-order valence-corrected chi connectivity index (χ0v) is 15.4. The minimum absolute atomic E-state index is 0.0135. The van der Waals surface area contributed by atoms with Gasteiger partial charge < -0.3 is 9.84 Å². The van der Waals surface area contributed by atoms with Crippen molar-refractivity contribution in [1.82, 2.24) is 25.3 Å². The molecule has 3 heterocycles. The maximum atomic E-state index is 12.3. The Labute approximate surface area is 161 Å². The number of hydrogen-bond donors (Lipinski definition) is 1. The van der Waals surface area contributed by atoms with Gasteiger partial charge >= 0.3 is 0 Å². The lowest BCUT2D eigenvalue weighted by Crippen LogP contribution is -2.36. The minimum Gasteiger partial charge on any atom is -0.347 e. The van der Waals surface area contributed by atoms with Gasteiger partial charge in [0.1, 0.15) is 5.69 Å². The molecule has 0 spiro atoms. The molecule has 1 fully saturated rings. The Balaban J connectivity index is 1.44. The summed E-state index contributed by atoms with van der Waals surface area (Å²) in [6.45, 7) is 0.696. The molecule has 4 rings (SSSR count). The van der Waals surface area contributed by atoms with Crippen LogP contribution in [-0.4, -0.2) is 45.6 Å². The second kappa shape index (κ2) is 7.46. The van der Waals surface area contributed by atoms with Gasteiger partial charge in [0, 0.05) is 29.4 Å². The molecule has 1 saturated heterocycles. The van der Waals surface area contributed by atoms with Gasteiger partial charge in [-0.2, -0.15) is 4.98 Å². The summed E-state index contributed by atoms with van der Waals surface area (Å²) in [5.41, 5.74) is 1.25. The summed E-state index contributed by atoms with van der Waals surface area (Å²) in [6.07, 6.45) is 2.30. The molecule has 1 N–H and O–H groups in total. The van der Waals surface area contributed by atoms with E-state index in [2.05, 4.69) is 25.3 Å². The lowest BCUT2D eigenvalue weighted by Gasteiger charge is -2.14. The van der Waals surface area contributed by atoms with Gasteiger partial charge in [-0.15, -0.1) is 0 Å². The maximum absolute atomic E-state index is 12.3. The van der Waals surface area contributed by atoms with Crippen molar-refractivity contribution in [2.24, 2.45) is 0 Å². The van der Waals surface area contributed by atoms with E-state index < -0.39 is 0 Å². The summed E-state index contributed by atoms with van der Waals surface area (Å²) in [5, 5.41) is 7.75. The number of carbonyl (C=O) groups is 1. The van der Waals surface area contributed by atoms with Gasteiger partial charge in [-0.05, 0) is 49.9 Å². The quantitative estimate of drug-likeness (QED) is 0.745. The summed E-state index contributed by atoms with van der Waals surface area (Å²) in [7, 11) is 1.98. The third-order valence-corrected chi connectivity index (χ3v) is 4.86. The van der Waals surface area contributed by atoms with Crippen LogP contribution in [0.3, 0.4) is 0 Å². The fourth-order valence-corrected chi connectivity index (χ4v) is 3.36. The Morgan fingerprint density at radius 1 is 1.26 bits per heavy atom. The summed E-state index contributed by atoms with van der Waals surface area (Å²) >= 11 is 5.92. The molecule has 138 valence electrons. The van der Waals surface area contributed by atoms with Crippen LogP contribution in [0.1, 0.15) is 28.8 Å². The summed E-state index contributed by atoms with van der Waals surface area (Å²) in [5.74, 6) is 0.884. The molecule has 0 aliphatic carbocycles. The lowest BCUT2D eigenvalue weighted by molar-refractivity contribution is 0.0933. The third-order valence-electron chi connectivity index (χ3n) is 4.61. The molecule has 1 aromatic carbocycles. The second-order valence-corrected chi connectivity index (χ2v) is 6.98. The molecule has 27 heavy (non-hydrogen) atoms. The Bertz CT molecular complexity index is 929. The SMILES string of the molecule is CN1C[C@@H](NC(=O)c2ccccn2)C[C@H]1c1nc(-c2ccc(Cl)cc2)no1. The van der Waals surface area contributed by atoms with Crippen molar-refractivity contribution in [3.05, 3.63) is 65.3 Å². The van der Waals surface area contributed by atoms with Gasteiger partial charge in [-0.25, -0.2) is 0 Å². The highest BCUT2D eigenvalue weighted by molar-refractivity contribution is 6.30. The van der Waals surface area contributed by atoms with E-state index in [1.165, 1.54) is 0 Å². The van der Waals surface area contributed by atoms with Crippen molar-refractivity contribution in [3.63, 3.8) is 0 Å². The first-order valence-electron chi connectivity index (χ1n) is 8.62. The number of carbonyl (C=O) groups excluding carboxylic acids is 1. The molecule has 1 amide bonds. The van der Waals surface area contributed by atoms with Crippen molar-refractivity contribution in [1.29, 1.82) is 0 Å². The summed E-state index contributed by atoms with van der Waals surface area (Å²) < 4.78 is 5.48. The molecule has 2 atom stereocenters. The van der Waals surface area contributed by atoms with Gasteiger partial charge in [0.05, 0.1) is 6.04 Å². The molecule has 1 aliphatic rings. The molecule has 3 aromatic rings. The van der Waals surface area contributed by atoms with Crippen LogP contribution in [0.15, 0.2) is 53.2 Å². The monoisotopic (exact) mass is 383 g/mol. The van der Waals surface area contributed by atoms with Crippen LogP contribution in [0.4, 0.5) is 0 Å². The zero-order valence-electron chi connectivity index (χ0n) is 14.7. The molecular weight excluding hydrogens is 366 g/mol. The first kappa shape index (κ1) is 17.6. The van der Waals surface area contributed by atoms with Crippen LogP contribution >= 0.6 is 11.6 Å². The Morgan fingerprint density at radius 2 is 2.07 bits per heavy atom. The van der Waals surface area contributed by atoms with Crippen LogP contribution in [0, 0.1) is 0 Å². The fraction of sp³-hybridized carbons (Fsp3) is 0.263. The Hall–Kier alpha value is -2.77. The summed E-state index contributed by atoms with van der Waals surface area (Å²) in [6, 6.07) is 12.5. The molecule has 0 radical (unpaired) electrons. The van der Waals surface area contributed by atoms with Crippen molar-refractivity contribution < 1.29 is 9.32 Å². The number of likely N-dealkylation sites (tertiary alicyclic amines) is 1. The van der Waals surface area contributed by atoms with E-state index in [9.17, 15) is 4.79 Å². The topological polar surface area (TPSA) is 84.2 Å². The van der Waals surface area contributed by atoms with Crippen LogP contribution in [0.5, 0.6) is 0 Å². The molecule has 2 aromatic heterocycles. The zero-order chi connectivity index (χ0) is 18.8. The first-order chi connectivity index (χ1) is 13.1. The van der Waals surface area contributed by atoms with Crippen molar-refractivity contribution in [2.75, 3.05) is 13.6 Å². The van der Waals surface area contributed by atoms with E-state index in [1.54, 1.807) is 36.5 Å². The standard InChI is InChI=1S/C19H18ClN5O2/c1-25-11-14(22-18(26)15-4-2-3-9-21-15)10-16(25)19-23-17(24-27-19)12-5-7-13(20)8-6-12/h2-9,14,16H,10-11H2,1H3,(H,22,26)/t14-,16-/m0/s1. The Morgan fingerprint density at radius 3 is 2.81 bits per heavy atom. The number of hydrogen-bond acceptors (Lipinski definition) is 6. The Kier molecular flexibility index (Phi) is 4.87. The number of amides is 1. The average Bonchev–Trinajstić information content (AvgIpc) is 3.30. The molecular formula is C19H18ClN5O2. The van der Waals surface area contributed by atoms with Gasteiger partial charge in [-0.1, -0.05) is 22.8 Å². The molecule has 7 nitrogen and oxygen atoms in total. The van der Waals surface area contributed by atoms with Gasteiger partial charge in [0.15, 0.2) is 0 Å². The van der Waals surface area contributed by atoms with Gasteiger partial charge in [0.25, 0.3) is 5.91 Å². The van der Waals surface area contributed by atoms with Gasteiger partial charge in [0.2, 0.25) is 11.7 Å². The van der Waals surface area contributed by atoms with Crippen molar-refractivity contribution >= 4 is 17.5 Å². The smallest absolute Gasteiger partial charge is 0.270 e. The highest BCUT2D eigenvalue weighted by Gasteiger charge is 2.35. The molecule has 0 unspecified atom stereocenters. The third kappa shape index (κ3) is 3.84. The second-order valence-electron chi connectivity index (χ2n) is 6.54. The maximum Gasteiger partial charge on any atom is 0.270 e. The predicted molar refractivity (Wildman–Crippen MR) is 100 cm³/mol. The highest BCUT2D eigenvalue weighted by Crippen LogP contribution is 2.31. The first-order valence-corrected chi connectivity index (χ1v) is 8.99. The van der Waals surface area contributed by atoms with E-state index in [1.807, 2.05) is 19.2 Å². The molecule has 1 aliphatic heterocycles. The molecule has 0 bridgehead atoms. The molecule has 0 saturated carbocycles. The normalized spacial score (nSPS) is 19.9. The van der Waals surface area contributed by atoms with Crippen molar-refractivity contribution in [2.45, 2.75) is 18.5 Å². The van der Waals surface area contributed by atoms with E-state index in [0.717, 1.165) is 5.56 Å². The van der Waals surface area contributed by atoms with Crippen LogP contribution in [-0.2, 0) is 0 Å². The number of aromatic nitrogens is 3. The number of rotatable bonds is 4. The van der Waals surface area contributed by atoms with E-state index in [4.69, 9.17) is 16.1 Å². The number of benzene rings is 1. The van der Waals surface area contributed by atoms with Crippen LogP contribution < -0.4 is 5.32 Å². The summed E-state index contributed by atoms with van der Waals surface area (Å²) in [4.78, 5) is 23.0. The molecule has 8 heteroatoms. The van der Waals surface area contributed by atoms with E-state index >= 15 is 0 Å². The lowest BCUT2D eigenvalue weighted by atomic mass is 10.1. The number of pyridine rings is 1.